The van der Waals surface area contributed by atoms with E-state index in [2.05, 4.69) is 37.9 Å². The summed E-state index contributed by atoms with van der Waals surface area (Å²) in [6.45, 7) is 6.91. The molecule has 68 valence electrons. The summed E-state index contributed by atoms with van der Waals surface area (Å²) < 4.78 is 0. The van der Waals surface area contributed by atoms with Gasteiger partial charge in [-0.1, -0.05) is 26.8 Å². The minimum absolute atomic E-state index is 0.397. The summed E-state index contributed by atoms with van der Waals surface area (Å²) in [6, 6.07) is 0. The van der Waals surface area contributed by atoms with Gasteiger partial charge in [0.1, 0.15) is 0 Å². The molecule has 0 amide bonds. The van der Waals surface area contributed by atoms with Crippen LogP contribution in [0.3, 0.4) is 0 Å². The second kappa shape index (κ2) is 3.42. The molecule has 1 rings (SSSR count). The quantitative estimate of drug-likeness (QED) is 0.566. The van der Waals surface area contributed by atoms with Crippen molar-refractivity contribution in [1.82, 2.24) is 0 Å². The number of rotatable bonds is 1. The van der Waals surface area contributed by atoms with Crippen LogP contribution in [-0.2, 0) is 0 Å². The molecular weight excluding hydrogens is 146 g/mol. The number of allylic oxidation sites excluding steroid dienone is 2. The predicted molar refractivity (Wildman–Crippen MR) is 54.7 cm³/mol. The van der Waals surface area contributed by atoms with Crippen LogP contribution >= 0.6 is 0 Å². The summed E-state index contributed by atoms with van der Waals surface area (Å²) in [5, 5.41) is 0. The summed E-state index contributed by atoms with van der Waals surface area (Å²) >= 11 is 0. The highest BCUT2D eigenvalue weighted by Gasteiger charge is 2.29. The third kappa shape index (κ3) is 1.60. The third-order valence-corrected chi connectivity index (χ3v) is 3.35. The predicted octanol–water partition coefficient (Wildman–Crippen LogP) is 3.07. The van der Waals surface area contributed by atoms with Gasteiger partial charge in [0.2, 0.25) is 0 Å². The molecule has 0 aromatic carbocycles. The van der Waals surface area contributed by atoms with E-state index < -0.39 is 0 Å². The summed E-state index contributed by atoms with van der Waals surface area (Å²) in [5.41, 5.74) is 1.64. The monoisotopic (exact) mass is 165 g/mol. The lowest BCUT2D eigenvalue weighted by molar-refractivity contribution is 0.268. The molecule has 2 unspecified atom stereocenters. The van der Waals surface area contributed by atoms with Gasteiger partial charge < -0.3 is 0 Å². The van der Waals surface area contributed by atoms with Crippen LogP contribution in [0.5, 0.6) is 0 Å². The summed E-state index contributed by atoms with van der Waals surface area (Å²) in [7, 11) is 1.88. The lowest BCUT2D eigenvalue weighted by Gasteiger charge is -2.35. The molecule has 1 aliphatic rings. The van der Waals surface area contributed by atoms with Gasteiger partial charge in [0, 0.05) is 12.8 Å². The van der Waals surface area contributed by atoms with Crippen molar-refractivity contribution in [2.75, 3.05) is 7.05 Å². The Balaban J connectivity index is 2.85. The van der Waals surface area contributed by atoms with Gasteiger partial charge >= 0.3 is 0 Å². The van der Waals surface area contributed by atoms with Crippen molar-refractivity contribution in [3.05, 3.63) is 12.2 Å². The second-order valence-corrected chi connectivity index (χ2v) is 4.01. The van der Waals surface area contributed by atoms with Crippen LogP contribution < -0.4 is 0 Å². The Morgan fingerprint density at radius 1 is 1.67 bits per heavy atom. The Bertz CT molecular complexity index is 215. The highest BCUT2D eigenvalue weighted by molar-refractivity contribution is 5.96. The highest BCUT2D eigenvalue weighted by atomic mass is 14.7. The zero-order valence-electron chi connectivity index (χ0n) is 8.59. The molecule has 0 aromatic rings. The standard InChI is InChI=1S/C11H19N/c1-5-11(3)7-6-10(12-4)8-9(11)2/h6-7,9H,5,8H2,1-4H3. The molecule has 12 heavy (non-hydrogen) atoms. The van der Waals surface area contributed by atoms with Crippen LogP contribution in [0.15, 0.2) is 17.1 Å². The highest BCUT2D eigenvalue weighted by Crippen LogP contribution is 2.37. The largest absolute Gasteiger partial charge is 0.293 e. The van der Waals surface area contributed by atoms with Gasteiger partial charge in [0.25, 0.3) is 0 Å². The number of hydrogen-bond donors (Lipinski definition) is 0. The lowest BCUT2D eigenvalue weighted by Crippen LogP contribution is -2.27. The average molecular weight is 165 g/mol. The van der Waals surface area contributed by atoms with Crippen LogP contribution in [0.2, 0.25) is 0 Å². The van der Waals surface area contributed by atoms with Gasteiger partial charge in [-0.15, -0.1) is 0 Å². The van der Waals surface area contributed by atoms with Crippen LogP contribution in [0.25, 0.3) is 0 Å². The molecule has 0 spiro atoms. The zero-order chi connectivity index (χ0) is 9.19. The van der Waals surface area contributed by atoms with E-state index in [4.69, 9.17) is 0 Å². The van der Waals surface area contributed by atoms with Crippen LogP contribution in [0.4, 0.5) is 0 Å². The Morgan fingerprint density at radius 3 is 2.75 bits per heavy atom. The fourth-order valence-electron chi connectivity index (χ4n) is 1.70. The van der Waals surface area contributed by atoms with Crippen molar-refractivity contribution in [2.45, 2.75) is 33.6 Å². The van der Waals surface area contributed by atoms with Crippen LogP contribution in [0.1, 0.15) is 33.6 Å². The maximum Gasteiger partial charge on any atom is 0.0344 e. The first-order valence-corrected chi connectivity index (χ1v) is 4.77. The summed E-state index contributed by atoms with van der Waals surface area (Å²) in [4.78, 5) is 4.23. The molecule has 0 saturated carbocycles. The molecular formula is C11H19N. The molecule has 1 heteroatoms. The van der Waals surface area contributed by atoms with Gasteiger partial charge in [0.05, 0.1) is 0 Å². The second-order valence-electron chi connectivity index (χ2n) is 4.01. The van der Waals surface area contributed by atoms with E-state index in [-0.39, 0.29) is 0 Å². The van der Waals surface area contributed by atoms with E-state index in [1.54, 1.807) is 0 Å². The first kappa shape index (κ1) is 9.50. The molecule has 0 heterocycles. The average Bonchev–Trinajstić information content (AvgIpc) is 2.10. The minimum Gasteiger partial charge on any atom is -0.293 e. The maximum absolute atomic E-state index is 4.23. The Kier molecular flexibility index (Phi) is 2.71. The summed E-state index contributed by atoms with van der Waals surface area (Å²) in [6.07, 6.45) is 6.87. The molecule has 0 fully saturated rings. The topological polar surface area (TPSA) is 12.4 Å². The molecule has 0 radical (unpaired) electrons. The van der Waals surface area contributed by atoms with E-state index in [9.17, 15) is 0 Å². The molecule has 0 aromatic heterocycles. The minimum atomic E-state index is 0.397. The lowest BCUT2D eigenvalue weighted by atomic mass is 9.70. The zero-order valence-corrected chi connectivity index (χ0v) is 8.59. The van der Waals surface area contributed by atoms with Crippen LogP contribution in [-0.4, -0.2) is 12.8 Å². The van der Waals surface area contributed by atoms with Gasteiger partial charge in [-0.3, -0.25) is 4.99 Å². The van der Waals surface area contributed by atoms with E-state index >= 15 is 0 Å². The molecule has 0 saturated heterocycles. The van der Waals surface area contributed by atoms with E-state index in [1.165, 1.54) is 12.1 Å². The normalized spacial score (nSPS) is 39.0. The van der Waals surface area contributed by atoms with Crippen LogP contribution in [0, 0.1) is 11.3 Å². The van der Waals surface area contributed by atoms with Gasteiger partial charge in [-0.05, 0) is 30.3 Å². The Morgan fingerprint density at radius 2 is 2.33 bits per heavy atom. The fourth-order valence-corrected chi connectivity index (χ4v) is 1.70. The first-order chi connectivity index (χ1) is 5.62. The molecule has 0 aliphatic heterocycles. The Hall–Kier alpha value is -0.590. The van der Waals surface area contributed by atoms with E-state index in [0.29, 0.717) is 5.41 Å². The van der Waals surface area contributed by atoms with E-state index in [0.717, 1.165) is 12.3 Å². The third-order valence-electron chi connectivity index (χ3n) is 3.35. The molecule has 0 bridgehead atoms. The SMILES string of the molecule is CCC1(C)C=CC(=NC)CC1C. The number of hydrogen-bond acceptors (Lipinski definition) is 1. The van der Waals surface area contributed by atoms with Crippen molar-refractivity contribution in [1.29, 1.82) is 0 Å². The molecule has 1 aliphatic carbocycles. The van der Waals surface area contributed by atoms with Crippen molar-refractivity contribution < 1.29 is 0 Å². The van der Waals surface area contributed by atoms with E-state index in [1.807, 2.05) is 7.05 Å². The number of nitrogens with zero attached hydrogens (tertiary/aromatic N) is 1. The fraction of sp³-hybridized carbons (Fsp3) is 0.727. The van der Waals surface area contributed by atoms with Gasteiger partial charge in [-0.25, -0.2) is 0 Å². The van der Waals surface area contributed by atoms with Crippen molar-refractivity contribution in [3.63, 3.8) is 0 Å². The molecule has 0 N–H and O–H groups in total. The smallest absolute Gasteiger partial charge is 0.0344 e. The summed E-state index contributed by atoms with van der Waals surface area (Å²) in [5.74, 6) is 0.728. The van der Waals surface area contributed by atoms with Gasteiger partial charge in [-0.2, -0.15) is 0 Å². The van der Waals surface area contributed by atoms with Gasteiger partial charge in [0.15, 0.2) is 0 Å². The van der Waals surface area contributed by atoms with Crippen molar-refractivity contribution in [2.24, 2.45) is 16.3 Å². The number of aliphatic imine (C=N–C) groups is 1. The maximum atomic E-state index is 4.23. The Labute approximate surface area is 75.6 Å². The molecule has 2 atom stereocenters. The molecule has 1 nitrogen and oxygen atoms in total. The van der Waals surface area contributed by atoms with Crippen molar-refractivity contribution in [3.8, 4) is 0 Å². The first-order valence-electron chi connectivity index (χ1n) is 4.77. The van der Waals surface area contributed by atoms with Crippen molar-refractivity contribution >= 4 is 5.71 Å².